The van der Waals surface area contributed by atoms with Crippen molar-refractivity contribution in [1.82, 2.24) is 10.2 Å². The zero-order valence-corrected chi connectivity index (χ0v) is 9.30. The number of carbonyl (C=O) groups excluding carboxylic acids is 1. The highest BCUT2D eigenvalue weighted by Gasteiger charge is 2.07. The zero-order valence-electron chi connectivity index (χ0n) is 9.30. The Morgan fingerprint density at radius 1 is 1.24 bits per heavy atom. The Morgan fingerprint density at radius 3 is 2.71 bits per heavy atom. The van der Waals surface area contributed by atoms with Crippen LogP contribution in [0.15, 0.2) is 34.7 Å². The van der Waals surface area contributed by atoms with E-state index in [1.54, 1.807) is 0 Å². The molecular formula is C12H13N3O2. The van der Waals surface area contributed by atoms with Gasteiger partial charge in [-0.2, -0.15) is 0 Å². The van der Waals surface area contributed by atoms with E-state index in [2.05, 4.69) is 10.2 Å². The van der Waals surface area contributed by atoms with E-state index in [1.807, 2.05) is 30.3 Å². The number of amides is 1. The van der Waals surface area contributed by atoms with Crippen LogP contribution in [0.25, 0.3) is 11.5 Å². The van der Waals surface area contributed by atoms with Gasteiger partial charge in [0.2, 0.25) is 17.7 Å². The molecule has 0 radical (unpaired) electrons. The first-order valence-corrected chi connectivity index (χ1v) is 5.42. The van der Waals surface area contributed by atoms with Gasteiger partial charge in [0.05, 0.1) is 0 Å². The Morgan fingerprint density at radius 2 is 2.00 bits per heavy atom. The maximum absolute atomic E-state index is 10.6. The molecule has 2 rings (SSSR count). The Bertz CT molecular complexity index is 493. The number of primary amides is 1. The first kappa shape index (κ1) is 11.3. The number of carbonyl (C=O) groups is 1. The molecule has 5 heteroatoms. The van der Waals surface area contributed by atoms with E-state index < -0.39 is 0 Å². The third-order valence-electron chi connectivity index (χ3n) is 2.30. The van der Waals surface area contributed by atoms with Crippen molar-refractivity contribution >= 4 is 5.91 Å². The number of aromatic nitrogens is 2. The molecular weight excluding hydrogens is 218 g/mol. The predicted molar refractivity (Wildman–Crippen MR) is 61.9 cm³/mol. The summed E-state index contributed by atoms with van der Waals surface area (Å²) in [5.41, 5.74) is 5.94. The van der Waals surface area contributed by atoms with Crippen LogP contribution >= 0.6 is 0 Å². The fourth-order valence-electron chi connectivity index (χ4n) is 1.47. The molecule has 0 atom stereocenters. The number of aryl methyl sites for hydroxylation is 1. The molecule has 0 aliphatic carbocycles. The monoisotopic (exact) mass is 231 g/mol. The minimum absolute atomic E-state index is 0.312. The third-order valence-corrected chi connectivity index (χ3v) is 2.30. The lowest BCUT2D eigenvalue weighted by molar-refractivity contribution is -0.118. The van der Waals surface area contributed by atoms with Gasteiger partial charge in [0.25, 0.3) is 0 Å². The molecule has 2 N–H and O–H groups in total. The van der Waals surface area contributed by atoms with Crippen LogP contribution in [0.1, 0.15) is 18.7 Å². The van der Waals surface area contributed by atoms with Crippen LogP contribution in [0.3, 0.4) is 0 Å². The van der Waals surface area contributed by atoms with E-state index in [0.717, 1.165) is 5.56 Å². The molecule has 0 saturated heterocycles. The summed E-state index contributed by atoms with van der Waals surface area (Å²) in [6, 6.07) is 9.55. The quantitative estimate of drug-likeness (QED) is 0.846. The number of hydrogen-bond donors (Lipinski definition) is 1. The second-order valence-corrected chi connectivity index (χ2v) is 3.69. The third kappa shape index (κ3) is 3.14. The van der Waals surface area contributed by atoms with Crippen LogP contribution in [0, 0.1) is 0 Å². The first-order valence-electron chi connectivity index (χ1n) is 5.42. The van der Waals surface area contributed by atoms with Crippen molar-refractivity contribution in [3.8, 4) is 11.5 Å². The number of benzene rings is 1. The summed E-state index contributed by atoms with van der Waals surface area (Å²) in [7, 11) is 0. The molecule has 0 aliphatic rings. The minimum Gasteiger partial charge on any atom is -0.421 e. The molecule has 17 heavy (non-hydrogen) atoms. The van der Waals surface area contributed by atoms with E-state index in [9.17, 15) is 4.79 Å². The summed E-state index contributed by atoms with van der Waals surface area (Å²) in [4.78, 5) is 10.6. The van der Waals surface area contributed by atoms with Gasteiger partial charge in [-0.3, -0.25) is 4.79 Å². The van der Waals surface area contributed by atoms with Gasteiger partial charge in [-0.25, -0.2) is 0 Å². The van der Waals surface area contributed by atoms with Crippen LogP contribution < -0.4 is 5.73 Å². The smallest absolute Gasteiger partial charge is 0.247 e. The molecule has 0 saturated carbocycles. The van der Waals surface area contributed by atoms with Crippen LogP contribution in [0.4, 0.5) is 0 Å². The fraction of sp³-hybridized carbons (Fsp3) is 0.250. The van der Waals surface area contributed by atoms with Crippen molar-refractivity contribution < 1.29 is 9.21 Å². The van der Waals surface area contributed by atoms with Crippen molar-refractivity contribution in [1.29, 1.82) is 0 Å². The highest BCUT2D eigenvalue weighted by molar-refractivity contribution is 5.73. The summed E-state index contributed by atoms with van der Waals surface area (Å²) in [6.07, 6.45) is 1.54. The van der Waals surface area contributed by atoms with Crippen LogP contribution in [-0.4, -0.2) is 16.1 Å². The van der Waals surface area contributed by atoms with E-state index in [4.69, 9.17) is 10.2 Å². The molecule has 5 nitrogen and oxygen atoms in total. The van der Waals surface area contributed by atoms with Crippen LogP contribution in [0.5, 0.6) is 0 Å². The van der Waals surface area contributed by atoms with Gasteiger partial charge in [-0.05, 0) is 18.6 Å². The lowest BCUT2D eigenvalue weighted by Gasteiger charge is -1.93. The summed E-state index contributed by atoms with van der Waals surface area (Å²) in [5, 5.41) is 7.87. The lowest BCUT2D eigenvalue weighted by atomic mass is 10.2. The lowest BCUT2D eigenvalue weighted by Crippen LogP contribution is -2.10. The number of nitrogens with two attached hydrogens (primary N) is 1. The van der Waals surface area contributed by atoms with Crippen molar-refractivity contribution in [3.05, 3.63) is 36.2 Å². The van der Waals surface area contributed by atoms with Crippen molar-refractivity contribution in [2.45, 2.75) is 19.3 Å². The van der Waals surface area contributed by atoms with Gasteiger partial charge >= 0.3 is 0 Å². The normalized spacial score (nSPS) is 10.4. The zero-order chi connectivity index (χ0) is 12.1. The Balaban J connectivity index is 1.99. The van der Waals surface area contributed by atoms with E-state index >= 15 is 0 Å². The molecule has 0 spiro atoms. The Hall–Kier alpha value is -2.17. The summed E-state index contributed by atoms with van der Waals surface area (Å²) >= 11 is 0. The van der Waals surface area contributed by atoms with Gasteiger partial charge < -0.3 is 10.2 Å². The number of rotatable bonds is 5. The molecule has 1 aromatic carbocycles. The van der Waals surface area contributed by atoms with Crippen LogP contribution in [0.2, 0.25) is 0 Å². The number of nitrogens with zero attached hydrogens (tertiary/aromatic N) is 2. The van der Waals surface area contributed by atoms with Gasteiger partial charge in [-0.15, -0.1) is 10.2 Å². The molecule has 0 fully saturated rings. The summed E-state index contributed by atoms with van der Waals surface area (Å²) < 4.78 is 5.48. The van der Waals surface area contributed by atoms with Gasteiger partial charge in [0.15, 0.2) is 0 Å². The van der Waals surface area contributed by atoms with E-state index in [-0.39, 0.29) is 5.91 Å². The summed E-state index contributed by atoms with van der Waals surface area (Å²) in [6.45, 7) is 0. The molecule has 0 bridgehead atoms. The molecule has 88 valence electrons. The Kier molecular flexibility index (Phi) is 3.49. The number of hydrogen-bond acceptors (Lipinski definition) is 4. The van der Waals surface area contributed by atoms with Gasteiger partial charge in [-0.1, -0.05) is 18.2 Å². The average Bonchev–Trinajstić information content (AvgIpc) is 2.78. The van der Waals surface area contributed by atoms with Gasteiger partial charge in [0.1, 0.15) is 0 Å². The highest BCUT2D eigenvalue weighted by atomic mass is 16.4. The van der Waals surface area contributed by atoms with Gasteiger partial charge in [0, 0.05) is 18.4 Å². The molecule has 0 aliphatic heterocycles. The second kappa shape index (κ2) is 5.25. The Labute approximate surface area is 98.7 Å². The molecule has 1 amide bonds. The second-order valence-electron chi connectivity index (χ2n) is 3.69. The van der Waals surface area contributed by atoms with E-state index in [1.165, 1.54) is 0 Å². The maximum atomic E-state index is 10.6. The minimum atomic E-state index is -0.312. The SMILES string of the molecule is NC(=O)CCCc1nnc(-c2ccccc2)o1. The molecule has 1 heterocycles. The molecule has 0 unspecified atom stereocenters. The highest BCUT2D eigenvalue weighted by Crippen LogP contribution is 2.17. The predicted octanol–water partition coefficient (Wildman–Crippen LogP) is 1.54. The van der Waals surface area contributed by atoms with E-state index in [0.29, 0.717) is 31.0 Å². The van der Waals surface area contributed by atoms with Crippen LogP contribution in [-0.2, 0) is 11.2 Å². The van der Waals surface area contributed by atoms with Crippen molar-refractivity contribution in [3.63, 3.8) is 0 Å². The molecule has 2 aromatic rings. The first-order chi connectivity index (χ1) is 8.25. The topological polar surface area (TPSA) is 82.0 Å². The maximum Gasteiger partial charge on any atom is 0.247 e. The largest absolute Gasteiger partial charge is 0.421 e. The van der Waals surface area contributed by atoms with Crippen molar-refractivity contribution in [2.24, 2.45) is 5.73 Å². The fourth-order valence-corrected chi connectivity index (χ4v) is 1.47. The standard InChI is InChI=1S/C12H13N3O2/c13-10(16)7-4-8-11-14-15-12(17-11)9-5-2-1-3-6-9/h1-3,5-6H,4,7-8H2,(H2,13,16). The average molecular weight is 231 g/mol. The summed E-state index contributed by atoms with van der Waals surface area (Å²) in [5.74, 6) is 0.720. The van der Waals surface area contributed by atoms with Crippen molar-refractivity contribution in [2.75, 3.05) is 0 Å². The molecule has 1 aromatic heterocycles.